The van der Waals surface area contributed by atoms with Crippen LogP contribution in [0.4, 0.5) is 0 Å². The number of para-hydroxylation sites is 1. The Bertz CT molecular complexity index is 1230. The Balaban J connectivity index is 1.93. The van der Waals surface area contributed by atoms with Crippen molar-refractivity contribution in [3.05, 3.63) is 75.7 Å². The molecule has 4 rings (SSSR count). The average Bonchev–Trinajstić information content (AvgIpc) is 3.11. The Morgan fingerprint density at radius 1 is 1.07 bits per heavy atom. The van der Waals surface area contributed by atoms with Crippen molar-refractivity contribution in [2.75, 3.05) is 0 Å². The lowest BCUT2D eigenvalue weighted by Gasteiger charge is -2.17. The molecule has 6 nitrogen and oxygen atoms in total. The summed E-state index contributed by atoms with van der Waals surface area (Å²) in [4.78, 5) is 18.2. The van der Waals surface area contributed by atoms with Crippen molar-refractivity contribution in [1.82, 2.24) is 19.7 Å². The first-order valence-corrected chi connectivity index (χ1v) is 9.88. The molecule has 2 aromatic carbocycles. The number of thioether (sulfide) groups is 1. The summed E-state index contributed by atoms with van der Waals surface area (Å²) < 4.78 is 7.25. The van der Waals surface area contributed by atoms with Gasteiger partial charge in [0.15, 0.2) is 5.16 Å². The first-order valence-electron chi connectivity index (χ1n) is 9.00. The maximum Gasteiger partial charge on any atom is 0.266 e. The van der Waals surface area contributed by atoms with E-state index in [2.05, 4.69) is 10.2 Å². The second-order valence-electron chi connectivity index (χ2n) is 6.76. The largest absolute Gasteiger partial charge is 0.424 e. The molecule has 0 fully saturated rings. The molecule has 0 aliphatic carbocycles. The van der Waals surface area contributed by atoms with Gasteiger partial charge in [0.2, 0.25) is 11.8 Å². The van der Waals surface area contributed by atoms with Crippen LogP contribution < -0.4 is 5.56 Å². The van der Waals surface area contributed by atoms with Gasteiger partial charge in [-0.2, -0.15) is 0 Å². The number of hydrogen-bond donors (Lipinski definition) is 0. The van der Waals surface area contributed by atoms with Gasteiger partial charge in [-0.15, -0.1) is 10.2 Å². The summed E-state index contributed by atoms with van der Waals surface area (Å²) in [7, 11) is 0. The van der Waals surface area contributed by atoms with E-state index in [1.54, 1.807) is 11.5 Å². The van der Waals surface area contributed by atoms with Gasteiger partial charge in [0.1, 0.15) is 0 Å². The fraction of sp³-hybridized carbons (Fsp3) is 0.238. The summed E-state index contributed by atoms with van der Waals surface area (Å²) >= 11 is 1.43. The van der Waals surface area contributed by atoms with Crippen molar-refractivity contribution < 1.29 is 4.42 Å². The van der Waals surface area contributed by atoms with Crippen LogP contribution in [0.3, 0.4) is 0 Å². The summed E-state index contributed by atoms with van der Waals surface area (Å²) in [6.07, 6.45) is 0. The van der Waals surface area contributed by atoms with Crippen molar-refractivity contribution >= 4 is 22.7 Å². The Kier molecular flexibility index (Phi) is 4.77. The van der Waals surface area contributed by atoms with Gasteiger partial charge < -0.3 is 4.42 Å². The quantitative estimate of drug-likeness (QED) is 0.375. The highest BCUT2D eigenvalue weighted by atomic mass is 32.2. The van der Waals surface area contributed by atoms with Gasteiger partial charge in [0, 0.05) is 6.92 Å². The van der Waals surface area contributed by atoms with Crippen LogP contribution in [0.1, 0.15) is 35.1 Å². The first kappa shape index (κ1) is 18.4. The van der Waals surface area contributed by atoms with Gasteiger partial charge in [0.05, 0.1) is 21.8 Å². The Labute approximate surface area is 166 Å². The summed E-state index contributed by atoms with van der Waals surface area (Å²) in [5.41, 5.74) is 3.51. The van der Waals surface area contributed by atoms with E-state index in [1.807, 2.05) is 63.2 Å². The summed E-state index contributed by atoms with van der Waals surface area (Å²) in [5.74, 6) is 1.03. The van der Waals surface area contributed by atoms with Gasteiger partial charge >= 0.3 is 0 Å². The number of benzene rings is 2. The Morgan fingerprint density at radius 2 is 1.86 bits per heavy atom. The van der Waals surface area contributed by atoms with E-state index in [9.17, 15) is 4.79 Å². The smallest absolute Gasteiger partial charge is 0.266 e. The second kappa shape index (κ2) is 7.24. The minimum atomic E-state index is -0.148. The molecular formula is C21H20N4O2S. The lowest BCUT2D eigenvalue weighted by Crippen LogP contribution is -2.22. The predicted molar refractivity (Wildman–Crippen MR) is 110 cm³/mol. The van der Waals surface area contributed by atoms with Gasteiger partial charge in [-0.1, -0.05) is 36.0 Å². The fourth-order valence-electron chi connectivity index (χ4n) is 3.05. The molecule has 0 amide bonds. The van der Waals surface area contributed by atoms with Crippen LogP contribution in [0.5, 0.6) is 0 Å². The van der Waals surface area contributed by atoms with E-state index in [1.165, 1.54) is 11.8 Å². The van der Waals surface area contributed by atoms with Crippen molar-refractivity contribution in [3.63, 3.8) is 0 Å². The van der Waals surface area contributed by atoms with Crippen LogP contribution in [-0.4, -0.2) is 19.7 Å². The molecule has 2 aromatic heterocycles. The van der Waals surface area contributed by atoms with Crippen LogP contribution >= 0.6 is 11.8 Å². The molecule has 2 heterocycles. The van der Waals surface area contributed by atoms with Gasteiger partial charge in [-0.05, 0) is 50.1 Å². The fourth-order valence-corrected chi connectivity index (χ4v) is 4.00. The molecular weight excluding hydrogens is 372 g/mol. The van der Waals surface area contributed by atoms with Crippen molar-refractivity contribution in [2.45, 2.75) is 38.1 Å². The second-order valence-corrected chi connectivity index (χ2v) is 8.07. The molecule has 142 valence electrons. The third-order valence-corrected chi connectivity index (χ3v) is 5.56. The van der Waals surface area contributed by atoms with E-state index in [-0.39, 0.29) is 10.8 Å². The number of aromatic nitrogens is 4. The molecule has 0 aliphatic heterocycles. The zero-order chi connectivity index (χ0) is 19.8. The zero-order valence-electron chi connectivity index (χ0n) is 16.1. The van der Waals surface area contributed by atoms with Gasteiger partial charge in [-0.3, -0.25) is 9.36 Å². The molecule has 0 radical (unpaired) electrons. The lowest BCUT2D eigenvalue weighted by molar-refractivity contribution is 0.470. The number of nitrogens with zero attached hydrogens (tertiary/aromatic N) is 4. The molecule has 28 heavy (non-hydrogen) atoms. The highest BCUT2D eigenvalue weighted by Gasteiger charge is 2.21. The minimum absolute atomic E-state index is 0.0873. The van der Waals surface area contributed by atoms with Gasteiger partial charge in [-0.25, -0.2) is 4.98 Å². The number of hydrogen-bond acceptors (Lipinski definition) is 6. The molecule has 1 atom stereocenters. The van der Waals surface area contributed by atoms with E-state index >= 15 is 0 Å². The third kappa shape index (κ3) is 3.33. The van der Waals surface area contributed by atoms with Crippen LogP contribution in [0, 0.1) is 20.8 Å². The van der Waals surface area contributed by atoms with E-state index < -0.39 is 0 Å². The molecule has 0 bridgehead atoms. The summed E-state index contributed by atoms with van der Waals surface area (Å²) in [6, 6.07) is 13.5. The highest BCUT2D eigenvalue weighted by molar-refractivity contribution is 7.99. The molecule has 1 unspecified atom stereocenters. The van der Waals surface area contributed by atoms with Crippen LogP contribution in [0.25, 0.3) is 16.6 Å². The maximum absolute atomic E-state index is 13.4. The topological polar surface area (TPSA) is 73.8 Å². The Morgan fingerprint density at radius 3 is 2.61 bits per heavy atom. The average molecular weight is 392 g/mol. The van der Waals surface area contributed by atoms with Crippen molar-refractivity contribution in [3.8, 4) is 5.69 Å². The maximum atomic E-state index is 13.4. The van der Waals surface area contributed by atoms with Crippen LogP contribution in [0.15, 0.2) is 56.8 Å². The third-order valence-electron chi connectivity index (χ3n) is 4.52. The number of fused-ring (bicyclic) bond motifs is 1. The molecule has 7 heteroatoms. The standard InChI is InChI=1S/C21H20N4O2S/c1-12-9-10-13(2)18(11-12)25-20(26)16-7-5-6-8-17(16)22-21(25)28-14(3)19-24-23-15(4)27-19/h5-11,14H,1-4H3. The van der Waals surface area contributed by atoms with Crippen LogP contribution in [-0.2, 0) is 0 Å². The lowest BCUT2D eigenvalue weighted by atomic mass is 10.1. The normalized spacial score (nSPS) is 12.4. The molecule has 0 aliphatic rings. The van der Waals surface area contributed by atoms with Crippen LogP contribution in [0.2, 0.25) is 0 Å². The van der Waals surface area contributed by atoms with Crippen molar-refractivity contribution in [2.24, 2.45) is 0 Å². The van der Waals surface area contributed by atoms with Gasteiger partial charge in [0.25, 0.3) is 5.56 Å². The van der Waals surface area contributed by atoms with E-state index in [4.69, 9.17) is 9.40 Å². The molecule has 0 saturated heterocycles. The minimum Gasteiger partial charge on any atom is -0.424 e. The van der Waals surface area contributed by atoms with E-state index in [0.717, 1.165) is 16.8 Å². The Hall–Kier alpha value is -2.93. The van der Waals surface area contributed by atoms with Crippen molar-refractivity contribution in [1.29, 1.82) is 0 Å². The first-order chi connectivity index (χ1) is 13.4. The highest BCUT2D eigenvalue weighted by Crippen LogP contribution is 2.34. The van der Waals surface area contributed by atoms with E-state index in [0.29, 0.717) is 27.8 Å². The summed E-state index contributed by atoms with van der Waals surface area (Å²) in [6.45, 7) is 7.73. The number of rotatable bonds is 4. The summed E-state index contributed by atoms with van der Waals surface area (Å²) in [5, 5.41) is 9.05. The molecule has 0 saturated carbocycles. The monoisotopic (exact) mass is 392 g/mol. The predicted octanol–water partition coefficient (Wildman–Crippen LogP) is 4.55. The molecule has 0 N–H and O–H groups in total. The molecule has 0 spiro atoms. The number of aryl methyl sites for hydroxylation is 3. The molecule has 4 aromatic rings. The zero-order valence-corrected chi connectivity index (χ0v) is 16.9. The SMILES string of the molecule is Cc1ccc(C)c(-n2c(SC(C)c3nnc(C)o3)nc3ccccc3c2=O)c1.